The Morgan fingerprint density at radius 2 is 1.78 bits per heavy atom. The molecule has 1 amide bonds. The van der Waals surface area contributed by atoms with Gasteiger partial charge in [0.15, 0.2) is 0 Å². The number of rotatable bonds is 1. The van der Waals surface area contributed by atoms with Gasteiger partial charge >= 0.3 is 5.63 Å². The average Bonchev–Trinajstić information content (AvgIpc) is 2.27. The Bertz CT molecular complexity index is 650. The first-order chi connectivity index (χ1) is 8.38. The van der Waals surface area contributed by atoms with Gasteiger partial charge < -0.3 is 9.73 Å². The van der Waals surface area contributed by atoms with Crippen molar-refractivity contribution in [3.63, 3.8) is 0 Å². The van der Waals surface area contributed by atoms with Gasteiger partial charge in [0.05, 0.1) is 10.9 Å². The highest BCUT2D eigenvalue weighted by atomic mass is 16.4. The van der Waals surface area contributed by atoms with Crippen LogP contribution in [0.3, 0.4) is 0 Å². The van der Waals surface area contributed by atoms with Crippen molar-refractivity contribution in [2.75, 3.05) is 0 Å². The molecule has 0 atom stereocenters. The monoisotopic (exact) mass is 245 g/mol. The summed E-state index contributed by atoms with van der Waals surface area (Å²) in [6.45, 7) is 5.69. The third-order valence-electron chi connectivity index (χ3n) is 2.45. The quantitative estimate of drug-likeness (QED) is 0.838. The molecule has 4 heteroatoms. The highest BCUT2D eigenvalue weighted by Gasteiger charge is 2.18. The van der Waals surface area contributed by atoms with Gasteiger partial charge in [-0.1, -0.05) is 18.2 Å². The molecule has 0 unspecified atom stereocenters. The van der Waals surface area contributed by atoms with Crippen molar-refractivity contribution in [3.8, 4) is 0 Å². The molecule has 0 bridgehead atoms. The summed E-state index contributed by atoms with van der Waals surface area (Å²) in [5, 5.41) is 3.87. The topological polar surface area (TPSA) is 59.3 Å². The van der Waals surface area contributed by atoms with Crippen LogP contribution in [0.15, 0.2) is 39.7 Å². The van der Waals surface area contributed by atoms with E-state index >= 15 is 0 Å². The summed E-state index contributed by atoms with van der Waals surface area (Å²) in [5.41, 5.74) is -0.396. The molecule has 0 saturated heterocycles. The van der Waals surface area contributed by atoms with Crippen molar-refractivity contribution in [3.05, 3.63) is 46.5 Å². The van der Waals surface area contributed by atoms with Crippen LogP contribution in [0.4, 0.5) is 0 Å². The van der Waals surface area contributed by atoms with Gasteiger partial charge in [-0.3, -0.25) is 4.79 Å². The second-order valence-corrected chi connectivity index (χ2v) is 5.19. The first kappa shape index (κ1) is 12.4. The maximum Gasteiger partial charge on any atom is 0.343 e. The summed E-state index contributed by atoms with van der Waals surface area (Å²) in [7, 11) is 0. The van der Waals surface area contributed by atoms with Crippen molar-refractivity contribution in [1.29, 1.82) is 0 Å². The summed E-state index contributed by atoms with van der Waals surface area (Å²) in [4.78, 5) is 23.7. The molecule has 2 rings (SSSR count). The van der Waals surface area contributed by atoms with Crippen LogP contribution < -0.4 is 10.9 Å². The van der Waals surface area contributed by atoms with Crippen LogP contribution in [0, 0.1) is 0 Å². The normalized spacial score (nSPS) is 11.5. The lowest BCUT2D eigenvalue weighted by molar-refractivity contribution is 0.0919. The van der Waals surface area contributed by atoms with E-state index in [2.05, 4.69) is 5.32 Å². The fraction of sp³-hybridized carbons (Fsp3) is 0.286. The number of hydrogen-bond donors (Lipinski definition) is 1. The number of carbonyl (C=O) groups is 1. The molecule has 0 saturated carbocycles. The summed E-state index contributed by atoms with van der Waals surface area (Å²) >= 11 is 0. The van der Waals surface area contributed by atoms with Crippen molar-refractivity contribution in [2.24, 2.45) is 0 Å². The average molecular weight is 245 g/mol. The van der Waals surface area contributed by atoms with Crippen molar-refractivity contribution < 1.29 is 9.21 Å². The third-order valence-corrected chi connectivity index (χ3v) is 2.45. The Labute approximate surface area is 105 Å². The highest BCUT2D eigenvalue weighted by molar-refractivity contribution is 6.06. The van der Waals surface area contributed by atoms with Gasteiger partial charge in [0, 0.05) is 10.9 Å². The van der Waals surface area contributed by atoms with Crippen LogP contribution in [-0.2, 0) is 0 Å². The number of hydrogen-bond acceptors (Lipinski definition) is 3. The number of nitrogens with one attached hydrogen (secondary N) is 1. The molecule has 2 aromatic rings. The number of fused-ring (bicyclic) bond motifs is 1. The van der Waals surface area contributed by atoms with Crippen LogP contribution >= 0.6 is 0 Å². The molecule has 94 valence electrons. The molecule has 0 radical (unpaired) electrons. The first-order valence-corrected chi connectivity index (χ1v) is 5.71. The first-order valence-electron chi connectivity index (χ1n) is 5.71. The highest BCUT2D eigenvalue weighted by Crippen LogP contribution is 2.16. The molecule has 0 aliphatic rings. The molecule has 1 N–H and O–H groups in total. The Kier molecular flexibility index (Phi) is 2.95. The van der Waals surface area contributed by atoms with E-state index in [0.29, 0.717) is 16.3 Å². The predicted molar refractivity (Wildman–Crippen MR) is 69.7 cm³/mol. The zero-order chi connectivity index (χ0) is 13.3. The molecule has 4 nitrogen and oxygen atoms in total. The Morgan fingerprint density at radius 1 is 1.17 bits per heavy atom. The number of benzene rings is 1. The SMILES string of the molecule is CC(C)(C)NC(=O)c1coc(=O)c2ccccc12. The fourth-order valence-electron chi connectivity index (χ4n) is 1.72. The maximum absolute atomic E-state index is 12.1. The largest absolute Gasteiger partial charge is 0.430 e. The smallest absolute Gasteiger partial charge is 0.343 e. The van der Waals surface area contributed by atoms with E-state index in [0.717, 1.165) is 0 Å². The minimum absolute atomic E-state index is 0.248. The van der Waals surface area contributed by atoms with E-state index in [9.17, 15) is 9.59 Å². The molecule has 0 fully saturated rings. The Hall–Kier alpha value is -2.10. The van der Waals surface area contributed by atoms with E-state index in [1.165, 1.54) is 6.26 Å². The summed E-state index contributed by atoms with van der Waals surface area (Å²) in [6, 6.07) is 6.92. The van der Waals surface area contributed by atoms with Gasteiger partial charge in [-0.2, -0.15) is 0 Å². The van der Waals surface area contributed by atoms with Crippen LogP contribution in [0.1, 0.15) is 31.1 Å². The van der Waals surface area contributed by atoms with Gasteiger partial charge in [0.25, 0.3) is 5.91 Å². The lowest BCUT2D eigenvalue weighted by atomic mass is 10.1. The third kappa shape index (κ3) is 2.42. The van der Waals surface area contributed by atoms with E-state index in [1.54, 1.807) is 24.3 Å². The van der Waals surface area contributed by atoms with Gasteiger partial charge in [0.1, 0.15) is 6.26 Å². The summed E-state index contributed by atoms with van der Waals surface area (Å²) < 4.78 is 4.89. The fourth-order valence-corrected chi connectivity index (χ4v) is 1.72. The lowest BCUT2D eigenvalue weighted by Crippen LogP contribution is -2.40. The summed E-state index contributed by atoms with van der Waals surface area (Å²) in [6.07, 6.45) is 1.21. The predicted octanol–water partition coefficient (Wildman–Crippen LogP) is 2.32. The van der Waals surface area contributed by atoms with Gasteiger partial charge in [-0.15, -0.1) is 0 Å². The molecule has 18 heavy (non-hydrogen) atoms. The molecule has 1 heterocycles. The summed E-state index contributed by atoms with van der Waals surface area (Å²) in [5.74, 6) is -0.248. The van der Waals surface area contributed by atoms with Crippen LogP contribution in [-0.4, -0.2) is 11.4 Å². The molecule has 0 aliphatic carbocycles. The van der Waals surface area contributed by atoms with Crippen LogP contribution in [0.25, 0.3) is 10.8 Å². The molecule has 0 spiro atoms. The van der Waals surface area contributed by atoms with E-state index in [-0.39, 0.29) is 11.4 Å². The zero-order valence-electron chi connectivity index (χ0n) is 10.6. The van der Waals surface area contributed by atoms with Crippen molar-refractivity contribution in [2.45, 2.75) is 26.3 Å². The maximum atomic E-state index is 12.1. The number of carbonyl (C=O) groups excluding carboxylic acids is 1. The minimum atomic E-state index is -0.432. The molecule has 1 aromatic carbocycles. The number of amides is 1. The Morgan fingerprint density at radius 3 is 2.39 bits per heavy atom. The van der Waals surface area contributed by atoms with Gasteiger partial charge in [-0.05, 0) is 26.8 Å². The van der Waals surface area contributed by atoms with E-state index in [4.69, 9.17) is 4.42 Å². The van der Waals surface area contributed by atoms with Crippen molar-refractivity contribution >= 4 is 16.7 Å². The second kappa shape index (κ2) is 4.29. The van der Waals surface area contributed by atoms with Crippen LogP contribution in [0.5, 0.6) is 0 Å². The zero-order valence-corrected chi connectivity index (χ0v) is 10.6. The standard InChI is InChI=1S/C14H15NO3/c1-14(2,3)15-12(16)11-8-18-13(17)10-7-5-4-6-9(10)11/h4-8H,1-3H3,(H,15,16). The second-order valence-electron chi connectivity index (χ2n) is 5.19. The van der Waals surface area contributed by atoms with Gasteiger partial charge in [0.2, 0.25) is 0 Å². The van der Waals surface area contributed by atoms with Gasteiger partial charge in [-0.25, -0.2) is 4.79 Å². The van der Waals surface area contributed by atoms with E-state index in [1.807, 2.05) is 20.8 Å². The van der Waals surface area contributed by atoms with Crippen molar-refractivity contribution in [1.82, 2.24) is 5.32 Å². The molecular formula is C14H15NO3. The minimum Gasteiger partial charge on any atom is -0.430 e. The molecule has 1 aromatic heterocycles. The Balaban J connectivity index is 2.56. The van der Waals surface area contributed by atoms with Crippen LogP contribution in [0.2, 0.25) is 0 Å². The molecular weight excluding hydrogens is 230 g/mol. The lowest BCUT2D eigenvalue weighted by Gasteiger charge is -2.20. The van der Waals surface area contributed by atoms with E-state index < -0.39 is 5.63 Å². The molecule has 0 aliphatic heterocycles.